The monoisotopic (exact) mass is 431 g/mol. The summed E-state index contributed by atoms with van der Waals surface area (Å²) in [7, 11) is -3.88. The number of nitrogens with one attached hydrogen (secondary N) is 2. The number of nitrogens with zero attached hydrogens (tertiary/aromatic N) is 5. The maximum Gasteiger partial charge on any atom is 0.263 e. The largest absolute Gasteiger partial charge is 0.340 e. The van der Waals surface area contributed by atoms with Crippen LogP contribution >= 0.6 is 0 Å². The maximum atomic E-state index is 12.6. The van der Waals surface area contributed by atoms with Crippen molar-refractivity contribution < 1.29 is 8.42 Å². The zero-order chi connectivity index (χ0) is 21.8. The molecule has 10 heteroatoms. The van der Waals surface area contributed by atoms with Crippen molar-refractivity contribution in [2.24, 2.45) is 0 Å². The maximum absolute atomic E-state index is 12.6. The Morgan fingerprint density at radius 3 is 2.45 bits per heavy atom. The van der Waals surface area contributed by atoms with Crippen molar-refractivity contribution >= 4 is 27.2 Å². The topological polar surface area (TPSA) is 126 Å². The molecule has 4 rings (SSSR count). The molecule has 0 saturated carbocycles. The average molecular weight is 431 g/mol. The Kier molecular flexibility index (Phi) is 5.34. The lowest BCUT2D eigenvalue weighted by atomic mass is 10.2. The molecule has 0 unspecified atom stereocenters. The number of aryl methyl sites for hydroxylation is 1. The molecule has 2 aromatic carbocycles. The third-order valence-electron chi connectivity index (χ3n) is 4.43. The van der Waals surface area contributed by atoms with E-state index in [0.717, 1.165) is 5.82 Å². The second kappa shape index (κ2) is 8.25. The van der Waals surface area contributed by atoms with E-state index in [1.54, 1.807) is 48.7 Å². The number of nitriles is 1. The molecule has 2 N–H and O–H groups in total. The number of anilines is 3. The van der Waals surface area contributed by atoms with Gasteiger partial charge in [-0.15, -0.1) is 0 Å². The SMILES string of the molecule is Cc1nccn1-c1cc(Nc2ccc(NS(=O)(=O)c3ccccc3C#N)cc2)ncn1. The molecular formula is C21H17N7O2S. The highest BCUT2D eigenvalue weighted by Crippen LogP contribution is 2.22. The summed E-state index contributed by atoms with van der Waals surface area (Å²) < 4.78 is 29.6. The van der Waals surface area contributed by atoms with Gasteiger partial charge in [0.05, 0.1) is 5.56 Å². The van der Waals surface area contributed by atoms with Gasteiger partial charge in [-0.05, 0) is 43.3 Å². The lowest BCUT2D eigenvalue weighted by Gasteiger charge is -2.11. The first-order valence-corrected chi connectivity index (χ1v) is 10.7. The van der Waals surface area contributed by atoms with Crippen LogP contribution in [0, 0.1) is 18.3 Å². The van der Waals surface area contributed by atoms with Crippen molar-refractivity contribution in [1.82, 2.24) is 19.5 Å². The van der Waals surface area contributed by atoms with E-state index in [9.17, 15) is 8.42 Å². The van der Waals surface area contributed by atoms with Crippen LogP contribution in [0.15, 0.2) is 78.2 Å². The molecule has 0 bridgehead atoms. The summed E-state index contributed by atoms with van der Waals surface area (Å²) in [4.78, 5) is 12.6. The van der Waals surface area contributed by atoms with Gasteiger partial charge in [-0.1, -0.05) is 12.1 Å². The summed E-state index contributed by atoms with van der Waals surface area (Å²) in [6, 6.07) is 16.4. The van der Waals surface area contributed by atoms with E-state index in [2.05, 4.69) is 25.0 Å². The number of aromatic nitrogens is 4. The fraction of sp³-hybridized carbons (Fsp3) is 0.0476. The van der Waals surface area contributed by atoms with Crippen molar-refractivity contribution in [3.63, 3.8) is 0 Å². The molecule has 0 spiro atoms. The summed E-state index contributed by atoms with van der Waals surface area (Å²) in [5.41, 5.74) is 1.17. The summed E-state index contributed by atoms with van der Waals surface area (Å²) >= 11 is 0. The van der Waals surface area contributed by atoms with Gasteiger partial charge in [-0.3, -0.25) is 9.29 Å². The third-order valence-corrected chi connectivity index (χ3v) is 5.87. The van der Waals surface area contributed by atoms with Crippen LogP contribution in [0.25, 0.3) is 5.82 Å². The number of rotatable bonds is 6. The van der Waals surface area contributed by atoms with E-state index in [0.29, 0.717) is 23.0 Å². The minimum atomic E-state index is -3.88. The van der Waals surface area contributed by atoms with E-state index < -0.39 is 10.0 Å². The standard InChI is InChI=1S/C21H17N7O2S/c1-15-23-10-11-28(15)21-12-20(24-14-25-21)26-17-6-8-18(9-7-17)27-31(29,30)19-5-3-2-4-16(19)13-22/h2-12,14,27H,1H3,(H,24,25,26). The van der Waals surface area contributed by atoms with Gasteiger partial charge in [0.1, 0.15) is 34.8 Å². The Hall–Kier alpha value is -4.23. The molecule has 0 aliphatic heterocycles. The van der Waals surface area contributed by atoms with Crippen molar-refractivity contribution in [3.05, 3.63) is 84.7 Å². The molecule has 0 radical (unpaired) electrons. The Morgan fingerprint density at radius 2 is 1.74 bits per heavy atom. The highest BCUT2D eigenvalue weighted by atomic mass is 32.2. The molecule has 0 atom stereocenters. The highest BCUT2D eigenvalue weighted by molar-refractivity contribution is 7.92. The quantitative estimate of drug-likeness (QED) is 0.479. The average Bonchev–Trinajstić information content (AvgIpc) is 3.21. The Labute approximate surface area is 179 Å². The second-order valence-corrected chi connectivity index (χ2v) is 8.17. The van der Waals surface area contributed by atoms with Crippen molar-refractivity contribution in [1.29, 1.82) is 5.26 Å². The van der Waals surface area contributed by atoms with Gasteiger partial charge < -0.3 is 5.32 Å². The van der Waals surface area contributed by atoms with Crippen LogP contribution < -0.4 is 10.0 Å². The summed E-state index contributed by atoms with van der Waals surface area (Å²) in [6.07, 6.45) is 4.96. The number of hydrogen-bond acceptors (Lipinski definition) is 7. The fourth-order valence-electron chi connectivity index (χ4n) is 2.94. The van der Waals surface area contributed by atoms with Gasteiger partial charge in [-0.25, -0.2) is 23.4 Å². The summed E-state index contributed by atoms with van der Waals surface area (Å²) in [5.74, 6) is 2.06. The van der Waals surface area contributed by atoms with Crippen LogP contribution in [-0.2, 0) is 10.0 Å². The number of hydrogen-bond donors (Lipinski definition) is 2. The predicted molar refractivity (Wildman–Crippen MR) is 116 cm³/mol. The van der Waals surface area contributed by atoms with Crippen molar-refractivity contribution in [2.45, 2.75) is 11.8 Å². The minimum Gasteiger partial charge on any atom is -0.340 e. The fourth-order valence-corrected chi connectivity index (χ4v) is 4.16. The first-order valence-electron chi connectivity index (χ1n) is 9.18. The molecule has 31 heavy (non-hydrogen) atoms. The molecule has 0 aliphatic rings. The van der Waals surface area contributed by atoms with E-state index in [1.165, 1.54) is 18.5 Å². The number of imidazole rings is 1. The molecule has 154 valence electrons. The van der Waals surface area contributed by atoms with E-state index in [4.69, 9.17) is 5.26 Å². The van der Waals surface area contributed by atoms with Crippen molar-refractivity contribution in [3.8, 4) is 11.9 Å². The summed E-state index contributed by atoms with van der Waals surface area (Å²) in [6.45, 7) is 1.88. The molecule has 0 fully saturated rings. The normalized spacial score (nSPS) is 11.0. The molecule has 0 amide bonds. The number of benzene rings is 2. The van der Waals surface area contributed by atoms with Gasteiger partial charge in [0.15, 0.2) is 0 Å². The van der Waals surface area contributed by atoms with E-state index in [1.807, 2.05) is 23.8 Å². The van der Waals surface area contributed by atoms with Crippen LogP contribution in [0.5, 0.6) is 0 Å². The Bertz CT molecular complexity index is 1370. The Morgan fingerprint density at radius 1 is 1.00 bits per heavy atom. The summed E-state index contributed by atoms with van der Waals surface area (Å²) in [5, 5.41) is 12.3. The zero-order valence-corrected chi connectivity index (χ0v) is 17.2. The second-order valence-electron chi connectivity index (χ2n) is 6.52. The van der Waals surface area contributed by atoms with Crippen LogP contribution in [0.2, 0.25) is 0 Å². The molecule has 4 aromatic rings. The van der Waals surface area contributed by atoms with Gasteiger partial charge in [-0.2, -0.15) is 5.26 Å². The first-order chi connectivity index (χ1) is 15.0. The Balaban J connectivity index is 1.51. The van der Waals surface area contributed by atoms with Crippen LogP contribution in [0.1, 0.15) is 11.4 Å². The van der Waals surface area contributed by atoms with E-state index >= 15 is 0 Å². The zero-order valence-electron chi connectivity index (χ0n) is 16.4. The molecule has 2 heterocycles. The molecule has 0 saturated heterocycles. The third kappa shape index (κ3) is 4.36. The van der Waals surface area contributed by atoms with E-state index in [-0.39, 0.29) is 10.5 Å². The van der Waals surface area contributed by atoms with Gasteiger partial charge >= 0.3 is 0 Å². The van der Waals surface area contributed by atoms with Gasteiger partial charge in [0, 0.05) is 29.8 Å². The first kappa shape index (κ1) is 20.1. The lowest BCUT2D eigenvalue weighted by Crippen LogP contribution is -2.14. The molecule has 0 aliphatic carbocycles. The van der Waals surface area contributed by atoms with Crippen molar-refractivity contribution in [2.75, 3.05) is 10.0 Å². The van der Waals surface area contributed by atoms with Crippen LogP contribution in [-0.4, -0.2) is 27.9 Å². The van der Waals surface area contributed by atoms with Gasteiger partial charge in [0.25, 0.3) is 10.0 Å². The number of sulfonamides is 1. The van der Waals surface area contributed by atoms with Crippen LogP contribution in [0.4, 0.5) is 17.2 Å². The molecular weight excluding hydrogens is 414 g/mol. The smallest absolute Gasteiger partial charge is 0.263 e. The molecule has 2 aromatic heterocycles. The van der Waals surface area contributed by atoms with Crippen LogP contribution in [0.3, 0.4) is 0 Å². The van der Waals surface area contributed by atoms with Gasteiger partial charge in [0.2, 0.25) is 0 Å². The minimum absolute atomic E-state index is 0.0667. The molecule has 9 nitrogen and oxygen atoms in total. The lowest BCUT2D eigenvalue weighted by molar-refractivity contribution is 0.601. The predicted octanol–water partition coefficient (Wildman–Crippen LogP) is 3.39. The highest BCUT2D eigenvalue weighted by Gasteiger charge is 2.18.